The molecule has 2 N–H and O–H groups in total. The molecule has 5 rings (SSSR count). The Hall–Kier alpha value is -0.870. The number of aliphatic hydroxyl groups excluding tert-OH is 2. The zero-order chi connectivity index (χ0) is 26.6. The Morgan fingerprint density at radius 1 is 0.972 bits per heavy atom. The first-order valence-electron chi connectivity index (χ1n) is 14.8. The first-order chi connectivity index (χ1) is 16.5. The summed E-state index contributed by atoms with van der Waals surface area (Å²) >= 11 is 0. The van der Waals surface area contributed by atoms with Crippen molar-refractivity contribution in [1.29, 1.82) is 0 Å². The average Bonchev–Trinajstić information content (AvgIpc) is 2.76. The van der Waals surface area contributed by atoms with Crippen molar-refractivity contribution >= 4 is 5.97 Å². The van der Waals surface area contributed by atoms with Crippen molar-refractivity contribution < 1.29 is 19.7 Å². The molecule has 5 aliphatic carbocycles. The molecule has 0 bridgehead atoms. The van der Waals surface area contributed by atoms with E-state index in [1.165, 1.54) is 38.2 Å². The van der Waals surface area contributed by atoms with Crippen LogP contribution in [0.3, 0.4) is 0 Å². The van der Waals surface area contributed by atoms with Gasteiger partial charge in [0.2, 0.25) is 0 Å². The molecule has 36 heavy (non-hydrogen) atoms. The second-order valence-electron chi connectivity index (χ2n) is 15.5. The molecule has 0 aromatic rings. The SMILES string of the molecule is CC(=O)O[C@H]1C[C@@H](O)[C@]2(C)[C@H]3[C@H](O)C=C4[C@@H]5[C@@H](C)[C@H](C)CC[C@]5(C)CC[C@@]4(C)[C@]3(C)CC[C@H]2C1(C)C. The van der Waals surface area contributed by atoms with Crippen LogP contribution in [0.25, 0.3) is 0 Å². The Morgan fingerprint density at radius 2 is 1.64 bits per heavy atom. The molecule has 4 fully saturated rings. The molecule has 0 heterocycles. The number of fused-ring (bicyclic) bond motifs is 7. The molecule has 0 aromatic heterocycles. The summed E-state index contributed by atoms with van der Waals surface area (Å²) in [6.45, 7) is 20.5. The van der Waals surface area contributed by atoms with Crippen LogP contribution in [0.2, 0.25) is 0 Å². The zero-order valence-corrected chi connectivity index (χ0v) is 24.4. The molecule has 12 atom stereocenters. The molecule has 0 unspecified atom stereocenters. The molecule has 0 spiro atoms. The monoisotopic (exact) mass is 500 g/mol. The quantitative estimate of drug-likeness (QED) is 0.317. The van der Waals surface area contributed by atoms with Crippen LogP contribution < -0.4 is 0 Å². The molecule has 0 aromatic carbocycles. The number of ether oxygens (including phenoxy) is 1. The van der Waals surface area contributed by atoms with Crippen LogP contribution in [0.5, 0.6) is 0 Å². The number of hydrogen-bond acceptors (Lipinski definition) is 4. The molecule has 0 aliphatic heterocycles. The predicted octanol–water partition coefficient (Wildman–Crippen LogP) is 6.54. The standard InChI is InChI=1S/C32H52O4/c1-18-10-12-29(6)14-15-30(7)21(26(29)19(18)2)16-22(34)27-31(30,8)13-11-23-28(4,5)25(36-20(3)33)17-24(35)32(23,27)9/h16,18-19,22-27,34-35H,10-15,17H2,1-9H3/t18-,19+,22-,23+,24-,25+,26+,27+,29-,30-,31-,32-/m1/s1. The maximum Gasteiger partial charge on any atom is 0.302 e. The molecule has 5 aliphatic rings. The zero-order valence-electron chi connectivity index (χ0n) is 24.4. The Kier molecular flexibility index (Phi) is 5.99. The van der Waals surface area contributed by atoms with Crippen molar-refractivity contribution in [2.45, 2.75) is 126 Å². The van der Waals surface area contributed by atoms with Gasteiger partial charge in [0.25, 0.3) is 0 Å². The minimum atomic E-state index is -0.611. The molecular formula is C32H52O4. The molecule has 0 radical (unpaired) electrons. The summed E-state index contributed by atoms with van der Waals surface area (Å²) in [6.07, 6.45) is 8.32. The molecule has 0 amide bonds. The molecule has 204 valence electrons. The van der Waals surface area contributed by atoms with Gasteiger partial charge >= 0.3 is 5.97 Å². The van der Waals surface area contributed by atoms with E-state index >= 15 is 0 Å². The van der Waals surface area contributed by atoms with Gasteiger partial charge in [-0.3, -0.25) is 4.79 Å². The highest BCUT2D eigenvalue weighted by Gasteiger charge is 2.72. The van der Waals surface area contributed by atoms with Crippen LogP contribution >= 0.6 is 0 Å². The predicted molar refractivity (Wildman–Crippen MR) is 143 cm³/mol. The van der Waals surface area contributed by atoms with Crippen LogP contribution in [0.1, 0.15) is 107 Å². The number of rotatable bonds is 1. The Morgan fingerprint density at radius 3 is 2.28 bits per heavy atom. The maximum absolute atomic E-state index is 12.1. The van der Waals surface area contributed by atoms with Crippen LogP contribution in [-0.4, -0.2) is 34.5 Å². The highest BCUT2D eigenvalue weighted by molar-refractivity contribution is 5.66. The van der Waals surface area contributed by atoms with Crippen molar-refractivity contribution in [2.24, 2.45) is 56.7 Å². The smallest absolute Gasteiger partial charge is 0.302 e. The van der Waals surface area contributed by atoms with Gasteiger partial charge in [-0.05, 0) is 78.4 Å². The lowest BCUT2D eigenvalue weighted by molar-refractivity contribution is -0.263. The average molecular weight is 501 g/mol. The first-order valence-corrected chi connectivity index (χ1v) is 14.8. The summed E-state index contributed by atoms with van der Waals surface area (Å²) in [4.78, 5) is 11.9. The molecule has 0 saturated heterocycles. The Bertz CT molecular complexity index is 954. The highest BCUT2D eigenvalue weighted by Crippen LogP contribution is 2.75. The van der Waals surface area contributed by atoms with Crippen molar-refractivity contribution in [3.05, 3.63) is 11.6 Å². The van der Waals surface area contributed by atoms with Gasteiger partial charge in [0.1, 0.15) is 6.10 Å². The summed E-state index contributed by atoms with van der Waals surface area (Å²) in [5.41, 5.74) is 1.09. The minimum Gasteiger partial charge on any atom is -0.462 e. The minimum absolute atomic E-state index is 0.0225. The summed E-state index contributed by atoms with van der Waals surface area (Å²) in [5.74, 6) is 1.74. The van der Waals surface area contributed by atoms with E-state index < -0.39 is 17.6 Å². The van der Waals surface area contributed by atoms with Crippen LogP contribution in [-0.2, 0) is 9.53 Å². The molecule has 4 nitrogen and oxygen atoms in total. The molecular weight excluding hydrogens is 448 g/mol. The Balaban J connectivity index is 1.62. The number of esters is 1. The normalized spacial score (nSPS) is 55.8. The van der Waals surface area contributed by atoms with E-state index in [2.05, 4.69) is 61.5 Å². The van der Waals surface area contributed by atoms with Gasteiger partial charge in [-0.1, -0.05) is 67.0 Å². The topological polar surface area (TPSA) is 66.8 Å². The van der Waals surface area contributed by atoms with Crippen molar-refractivity contribution in [3.8, 4) is 0 Å². The molecule has 4 heteroatoms. The van der Waals surface area contributed by atoms with E-state index in [4.69, 9.17) is 4.74 Å². The fourth-order valence-corrected chi connectivity index (χ4v) is 11.3. The Labute approximate surface area is 219 Å². The van der Waals surface area contributed by atoms with E-state index in [0.717, 1.165) is 12.8 Å². The van der Waals surface area contributed by atoms with Gasteiger partial charge in [0.15, 0.2) is 0 Å². The van der Waals surface area contributed by atoms with E-state index in [1.54, 1.807) is 0 Å². The van der Waals surface area contributed by atoms with Crippen LogP contribution in [0, 0.1) is 56.7 Å². The first kappa shape index (κ1) is 26.7. The second-order valence-corrected chi connectivity index (χ2v) is 15.5. The summed E-state index contributed by atoms with van der Waals surface area (Å²) < 4.78 is 5.78. The molecule has 4 saturated carbocycles. The van der Waals surface area contributed by atoms with E-state index in [9.17, 15) is 15.0 Å². The fourth-order valence-electron chi connectivity index (χ4n) is 11.3. The number of aliphatic hydroxyl groups is 2. The van der Waals surface area contributed by atoms with Gasteiger partial charge in [0.05, 0.1) is 12.2 Å². The summed E-state index contributed by atoms with van der Waals surface area (Å²) in [6, 6.07) is 0. The van der Waals surface area contributed by atoms with Crippen molar-refractivity contribution in [2.75, 3.05) is 0 Å². The lowest BCUT2D eigenvalue weighted by atomic mass is 9.32. The van der Waals surface area contributed by atoms with E-state index in [0.29, 0.717) is 29.6 Å². The second kappa shape index (κ2) is 8.07. The summed E-state index contributed by atoms with van der Waals surface area (Å²) in [5, 5.41) is 23.9. The number of carbonyl (C=O) groups is 1. The van der Waals surface area contributed by atoms with Crippen molar-refractivity contribution in [1.82, 2.24) is 0 Å². The third-order valence-corrected chi connectivity index (χ3v) is 13.7. The maximum atomic E-state index is 12.1. The third kappa shape index (κ3) is 3.22. The largest absolute Gasteiger partial charge is 0.462 e. The number of allylic oxidation sites excluding steroid dienone is 1. The van der Waals surface area contributed by atoms with E-state index in [1.807, 2.05) is 0 Å². The van der Waals surface area contributed by atoms with Gasteiger partial charge in [0, 0.05) is 30.1 Å². The lowest BCUT2D eigenvalue weighted by Crippen LogP contribution is -2.71. The van der Waals surface area contributed by atoms with Gasteiger partial charge in [-0.25, -0.2) is 0 Å². The van der Waals surface area contributed by atoms with Crippen molar-refractivity contribution in [3.63, 3.8) is 0 Å². The number of carbonyl (C=O) groups excluding carboxylic acids is 1. The van der Waals surface area contributed by atoms with Crippen LogP contribution in [0.4, 0.5) is 0 Å². The number of hydrogen-bond donors (Lipinski definition) is 2. The fraction of sp³-hybridized carbons (Fsp3) is 0.906. The van der Waals surface area contributed by atoms with Gasteiger partial charge in [-0.2, -0.15) is 0 Å². The summed E-state index contributed by atoms with van der Waals surface area (Å²) in [7, 11) is 0. The van der Waals surface area contributed by atoms with Gasteiger partial charge < -0.3 is 14.9 Å². The lowest BCUT2D eigenvalue weighted by Gasteiger charge is -2.72. The van der Waals surface area contributed by atoms with Crippen LogP contribution in [0.15, 0.2) is 11.6 Å². The third-order valence-electron chi connectivity index (χ3n) is 13.7. The van der Waals surface area contributed by atoms with E-state index in [-0.39, 0.29) is 40.2 Å². The van der Waals surface area contributed by atoms with Gasteiger partial charge in [-0.15, -0.1) is 0 Å². The highest BCUT2D eigenvalue weighted by atomic mass is 16.5.